The van der Waals surface area contributed by atoms with Gasteiger partial charge in [-0.2, -0.15) is 9.36 Å². The minimum Gasteiger partial charge on any atom is -0.543 e. The zero-order valence-electron chi connectivity index (χ0n) is 21.0. The van der Waals surface area contributed by atoms with Crippen molar-refractivity contribution in [3.8, 4) is 0 Å². The van der Waals surface area contributed by atoms with Gasteiger partial charge in [-0.05, 0) is 31.2 Å². The zero-order chi connectivity index (χ0) is 28.4. The summed E-state index contributed by atoms with van der Waals surface area (Å²) in [5.41, 5.74) is 12.2. The summed E-state index contributed by atoms with van der Waals surface area (Å²) in [5.74, 6) is 4.43. The van der Waals surface area contributed by atoms with Gasteiger partial charge in [0, 0.05) is 30.1 Å². The smallest absolute Gasteiger partial charge is 0.322 e. The Morgan fingerprint density at radius 2 is 2.10 bits per heavy atom. The average Bonchev–Trinajstić information content (AvgIpc) is 3.34. The third-order valence-electron chi connectivity index (χ3n) is 5.70. The number of oxime groups is 1. The molecule has 1 fully saturated rings. The van der Waals surface area contributed by atoms with Gasteiger partial charge in [-0.3, -0.25) is 20.3 Å². The third kappa shape index (κ3) is 5.36. The number of nitrogens with one attached hydrogen (secondary N) is 2. The van der Waals surface area contributed by atoms with E-state index >= 15 is 0 Å². The number of hydrogen-bond acceptors (Lipinski definition) is 16. The molecule has 1 saturated heterocycles. The number of carboxylic acid groups (broad SMARTS) is 1. The molecule has 4 heterocycles. The maximum atomic E-state index is 13.0. The van der Waals surface area contributed by atoms with Crippen molar-refractivity contribution in [1.82, 2.24) is 24.6 Å². The number of carbonyl (C=O) groups is 3. The quantitative estimate of drug-likeness (QED) is 0.0359. The summed E-state index contributed by atoms with van der Waals surface area (Å²) in [6, 6.07) is -1.02. The van der Waals surface area contributed by atoms with Gasteiger partial charge in [-0.1, -0.05) is 10.1 Å². The van der Waals surface area contributed by atoms with Crippen LogP contribution in [0.25, 0.3) is 0 Å². The fourth-order valence-electron chi connectivity index (χ4n) is 3.84. The van der Waals surface area contributed by atoms with Crippen LogP contribution in [-0.4, -0.2) is 79.3 Å². The van der Waals surface area contributed by atoms with E-state index in [-0.39, 0.29) is 46.3 Å². The average molecular weight is 596 g/mol. The number of nitrogen functional groups attached to an aromatic ring is 3. The van der Waals surface area contributed by atoms with Crippen molar-refractivity contribution in [3.63, 3.8) is 0 Å². The van der Waals surface area contributed by atoms with Gasteiger partial charge in [0.25, 0.3) is 17.6 Å². The minimum absolute atomic E-state index is 0.0538. The number of carboxylic acids is 1. The van der Waals surface area contributed by atoms with E-state index in [0.29, 0.717) is 22.1 Å². The number of aromatic nitrogens is 4. The predicted molar refractivity (Wildman–Crippen MR) is 144 cm³/mol. The predicted octanol–water partition coefficient (Wildman–Crippen LogP) is -2.61. The van der Waals surface area contributed by atoms with E-state index in [1.54, 1.807) is 20.9 Å². The summed E-state index contributed by atoms with van der Waals surface area (Å²) in [6.07, 6.45) is 0. The largest absolute Gasteiger partial charge is 0.543 e. The van der Waals surface area contributed by atoms with Crippen LogP contribution in [0.4, 0.5) is 16.8 Å². The van der Waals surface area contributed by atoms with Crippen molar-refractivity contribution in [2.24, 2.45) is 5.16 Å². The van der Waals surface area contributed by atoms with Crippen molar-refractivity contribution in [1.29, 1.82) is 0 Å². The number of anilines is 3. The van der Waals surface area contributed by atoms with E-state index in [4.69, 9.17) is 22.1 Å². The molecule has 19 heteroatoms. The molecule has 0 aromatic carbocycles. The monoisotopic (exact) mass is 595 g/mol. The lowest BCUT2D eigenvalue weighted by atomic mass is 10.0. The molecule has 0 spiro atoms. The lowest BCUT2D eigenvalue weighted by Crippen LogP contribution is -2.71. The first kappa shape index (κ1) is 28.2. The Morgan fingerprint density at radius 3 is 2.72 bits per heavy atom. The van der Waals surface area contributed by atoms with Crippen LogP contribution in [-0.2, 0) is 19.2 Å². The Bertz CT molecular complexity index is 1400. The highest BCUT2D eigenvalue weighted by atomic mass is 32.2. The molecule has 0 aliphatic carbocycles. The van der Waals surface area contributed by atoms with Crippen LogP contribution < -0.4 is 37.7 Å². The second kappa shape index (κ2) is 11.5. The molecule has 208 valence electrons. The summed E-state index contributed by atoms with van der Waals surface area (Å²) in [7, 11) is 1.69. The summed E-state index contributed by atoms with van der Waals surface area (Å²) in [6.45, 7) is 3.62. The first-order chi connectivity index (χ1) is 18.6. The molecule has 0 saturated carbocycles. The van der Waals surface area contributed by atoms with E-state index in [1.165, 1.54) is 16.4 Å². The summed E-state index contributed by atoms with van der Waals surface area (Å²) in [4.78, 5) is 52.5. The first-order valence-corrected chi connectivity index (χ1v) is 14.2. The number of fused-ring (bicyclic) bond motifs is 1. The number of nitrogens with zero attached hydrogens (tertiary/aromatic N) is 6. The molecule has 2 aromatic rings. The number of hydrogen-bond donors (Lipinski definition) is 5. The van der Waals surface area contributed by atoms with Gasteiger partial charge in [-0.15, -0.1) is 16.4 Å². The third-order valence-corrected chi connectivity index (χ3v) is 8.62. The molecule has 4 rings (SSSR count). The van der Waals surface area contributed by atoms with Gasteiger partial charge < -0.3 is 36.8 Å². The van der Waals surface area contributed by atoms with Crippen LogP contribution in [0.5, 0.6) is 0 Å². The Kier molecular flexibility index (Phi) is 8.31. The topological polar surface area (TPSA) is 244 Å². The van der Waals surface area contributed by atoms with Gasteiger partial charge in [0.05, 0.1) is 17.2 Å². The minimum atomic E-state index is -1.51. The Labute approximate surface area is 234 Å². The molecule has 0 radical (unpaired) electrons. The van der Waals surface area contributed by atoms with E-state index in [0.717, 1.165) is 28.2 Å². The highest BCUT2D eigenvalue weighted by molar-refractivity contribution is 8.01. The molecule has 16 nitrogen and oxygen atoms in total. The van der Waals surface area contributed by atoms with E-state index in [9.17, 15) is 19.5 Å². The van der Waals surface area contributed by atoms with Crippen molar-refractivity contribution in [3.05, 3.63) is 22.7 Å². The summed E-state index contributed by atoms with van der Waals surface area (Å²) < 4.78 is 5.29. The molecule has 2 atom stereocenters. The zero-order valence-corrected chi connectivity index (χ0v) is 23.4. The fraction of sp³-hybridized carbons (Fsp3) is 0.400. The number of carbonyl (C=O) groups excluding carboxylic acids is 3. The molecule has 1 unspecified atom stereocenters. The highest BCUT2D eigenvalue weighted by Crippen LogP contribution is 2.41. The van der Waals surface area contributed by atoms with Gasteiger partial charge in [0.2, 0.25) is 17.4 Å². The molecule has 0 bridgehead atoms. The van der Waals surface area contributed by atoms with E-state index in [2.05, 4.69) is 30.1 Å². The van der Waals surface area contributed by atoms with Crippen LogP contribution in [0.2, 0.25) is 0 Å². The molecule has 39 heavy (non-hydrogen) atoms. The SMILES string of the molecule is CCO/N=C(\C(=O)NC1C(=O)N2C(C(=O)[O-])=C(CSc3nc(N)c(C)c(NC)[n+]3N)CS[C@H]12)c1nsc(N)n1. The fourth-order valence-corrected chi connectivity index (χ4v) is 6.68. The number of nitrogens with two attached hydrogens (primary N) is 3. The van der Waals surface area contributed by atoms with Crippen LogP contribution in [0, 0.1) is 6.92 Å². The second-order valence-electron chi connectivity index (χ2n) is 8.08. The molecule has 2 aliphatic heterocycles. The number of amides is 2. The van der Waals surface area contributed by atoms with Crippen LogP contribution >= 0.6 is 35.1 Å². The standard InChI is InChI=1S/C20H25N11O5S3/c1-4-36-28-9(13-27-19(22)39-29-13)15(32)25-10-16(33)30-11(18(34)35)8(5-37-17(10)30)6-38-20-26-12(21)7(2)14(24-3)31(20)23/h10,17H,4-6,23H2,1-3H3,(H6,21,22,24,25,27,29,32,34,35)/b28-9-/t10?,17-/m1/s1. The molecular formula is C20H25N11O5S3. The number of aliphatic carboxylic acids is 1. The van der Waals surface area contributed by atoms with E-state index in [1.807, 2.05) is 0 Å². The maximum Gasteiger partial charge on any atom is 0.322 e. The lowest BCUT2D eigenvalue weighted by molar-refractivity contribution is -0.668. The second-order valence-corrected chi connectivity index (χ2v) is 10.9. The first-order valence-electron chi connectivity index (χ1n) is 11.3. The van der Waals surface area contributed by atoms with Crippen molar-refractivity contribution >= 4 is 75.3 Å². The molecule has 2 aliphatic rings. The van der Waals surface area contributed by atoms with Crippen LogP contribution in [0.3, 0.4) is 0 Å². The van der Waals surface area contributed by atoms with Gasteiger partial charge >= 0.3 is 5.16 Å². The highest BCUT2D eigenvalue weighted by Gasteiger charge is 2.53. The van der Waals surface area contributed by atoms with Crippen molar-refractivity contribution < 1.29 is 29.0 Å². The number of β-lactam (4-membered cyclic amide) rings is 1. The van der Waals surface area contributed by atoms with Gasteiger partial charge in [0.1, 0.15) is 18.0 Å². The molecule has 2 aromatic heterocycles. The van der Waals surface area contributed by atoms with Crippen LogP contribution in [0.1, 0.15) is 18.3 Å². The lowest BCUT2D eigenvalue weighted by Gasteiger charge is -2.50. The summed E-state index contributed by atoms with van der Waals surface area (Å²) >= 11 is 3.32. The molecular weight excluding hydrogens is 570 g/mol. The Morgan fingerprint density at radius 1 is 1.36 bits per heavy atom. The van der Waals surface area contributed by atoms with Gasteiger partial charge in [-0.25, -0.2) is 0 Å². The van der Waals surface area contributed by atoms with Crippen molar-refractivity contribution in [2.75, 3.05) is 47.8 Å². The van der Waals surface area contributed by atoms with Gasteiger partial charge in [0.15, 0.2) is 5.13 Å². The maximum absolute atomic E-state index is 13.0. The summed E-state index contributed by atoms with van der Waals surface area (Å²) in [5, 5.41) is 21.2. The Hall–Kier alpha value is -3.84. The van der Waals surface area contributed by atoms with E-state index < -0.39 is 29.2 Å². The molecule has 2 amide bonds. The normalized spacial score (nSPS) is 18.9. The molecule has 8 N–H and O–H groups in total. The number of thioether (sulfide) groups is 2. The van der Waals surface area contributed by atoms with Crippen LogP contribution in [0.15, 0.2) is 21.6 Å². The Balaban J connectivity index is 1.52. The number of rotatable bonds is 10. The van der Waals surface area contributed by atoms with Crippen molar-refractivity contribution in [2.45, 2.75) is 30.4 Å².